The van der Waals surface area contributed by atoms with E-state index < -0.39 is 22.3 Å². The third-order valence-corrected chi connectivity index (χ3v) is 6.63. The van der Waals surface area contributed by atoms with E-state index >= 15 is 0 Å². The number of hydrogen-bond donors (Lipinski definition) is 1. The van der Waals surface area contributed by atoms with Gasteiger partial charge in [0.1, 0.15) is 5.75 Å². The Morgan fingerprint density at radius 3 is 2.32 bits per heavy atom. The number of benzene rings is 2. The molecule has 168 valence electrons. The number of halogens is 3. The number of piperazine rings is 1. The average molecular weight is 457 g/mol. The number of nitrogens with zero attached hydrogens (tertiary/aromatic N) is 2. The Morgan fingerprint density at radius 2 is 1.71 bits per heavy atom. The molecular formula is C20H22F3N3O4S. The van der Waals surface area contributed by atoms with Crippen molar-refractivity contribution >= 4 is 21.6 Å². The molecular weight excluding hydrogens is 435 g/mol. The summed E-state index contributed by atoms with van der Waals surface area (Å²) >= 11 is 0. The minimum atomic E-state index is -4.78. The normalized spacial score (nSPS) is 16.1. The molecule has 0 unspecified atom stereocenters. The van der Waals surface area contributed by atoms with E-state index in [1.54, 1.807) is 12.1 Å². The van der Waals surface area contributed by atoms with Crippen LogP contribution in [0.15, 0.2) is 53.4 Å². The second-order valence-corrected chi connectivity index (χ2v) is 9.09. The fourth-order valence-electron chi connectivity index (χ4n) is 3.11. The summed E-state index contributed by atoms with van der Waals surface area (Å²) in [6.07, 6.45) is -4.88. The summed E-state index contributed by atoms with van der Waals surface area (Å²) in [5, 5.41) is 2.62. The van der Waals surface area contributed by atoms with Crippen LogP contribution < -0.4 is 10.1 Å². The monoisotopic (exact) mass is 457 g/mol. The fraction of sp³-hybridized carbons (Fsp3) is 0.350. The summed E-state index contributed by atoms with van der Waals surface area (Å²) in [6.45, 7) is 2.07. The van der Waals surface area contributed by atoms with Crippen LogP contribution in [0, 0.1) is 0 Å². The van der Waals surface area contributed by atoms with E-state index in [1.165, 1.54) is 28.6 Å². The number of amides is 1. The number of hydrogen-bond acceptors (Lipinski definition) is 5. The maximum absolute atomic E-state index is 12.9. The van der Waals surface area contributed by atoms with Crippen molar-refractivity contribution < 1.29 is 31.1 Å². The Bertz CT molecular complexity index is 1020. The van der Waals surface area contributed by atoms with E-state index in [2.05, 4.69) is 10.1 Å². The van der Waals surface area contributed by atoms with Crippen molar-refractivity contribution in [2.75, 3.05) is 38.5 Å². The lowest BCUT2D eigenvalue weighted by Gasteiger charge is -2.31. The van der Waals surface area contributed by atoms with E-state index in [-0.39, 0.29) is 17.1 Å². The quantitative estimate of drug-likeness (QED) is 0.722. The van der Waals surface area contributed by atoms with Gasteiger partial charge in [0.05, 0.1) is 11.3 Å². The van der Waals surface area contributed by atoms with E-state index in [0.717, 1.165) is 12.1 Å². The summed E-state index contributed by atoms with van der Waals surface area (Å²) in [5.41, 5.74) is 0.797. The van der Waals surface area contributed by atoms with Crippen LogP contribution in [0.25, 0.3) is 0 Å². The second kappa shape index (κ2) is 9.25. The molecule has 31 heavy (non-hydrogen) atoms. The lowest BCUT2D eigenvalue weighted by molar-refractivity contribution is -0.274. The fourth-order valence-corrected chi connectivity index (χ4v) is 4.58. The molecule has 0 bridgehead atoms. The Balaban J connectivity index is 1.63. The molecule has 3 rings (SSSR count). The van der Waals surface area contributed by atoms with E-state index in [9.17, 15) is 26.4 Å². The summed E-state index contributed by atoms with van der Waals surface area (Å²) in [4.78, 5) is 14.4. The van der Waals surface area contributed by atoms with Crippen LogP contribution in [0.2, 0.25) is 0 Å². The van der Waals surface area contributed by atoms with Gasteiger partial charge in [0.15, 0.2) is 0 Å². The zero-order chi connectivity index (χ0) is 22.6. The SMILES string of the molecule is CN1CCN(S(=O)(=O)c2cccc(NC(=O)Cc3ccc(OC(F)(F)F)cc3)c2)CC1. The predicted octanol–water partition coefficient (Wildman–Crippen LogP) is 2.70. The predicted molar refractivity (Wildman–Crippen MR) is 108 cm³/mol. The Kier molecular flexibility index (Phi) is 6.87. The first kappa shape index (κ1) is 23.0. The number of anilines is 1. The van der Waals surface area contributed by atoms with Crippen LogP contribution >= 0.6 is 0 Å². The molecule has 1 saturated heterocycles. The van der Waals surface area contributed by atoms with Gasteiger partial charge in [-0.15, -0.1) is 13.2 Å². The number of rotatable bonds is 6. The van der Waals surface area contributed by atoms with Gasteiger partial charge in [0.2, 0.25) is 15.9 Å². The minimum absolute atomic E-state index is 0.0866. The molecule has 1 fully saturated rings. The first-order chi connectivity index (χ1) is 14.5. The van der Waals surface area contributed by atoms with Gasteiger partial charge in [-0.05, 0) is 42.9 Å². The number of sulfonamides is 1. The first-order valence-electron chi connectivity index (χ1n) is 9.46. The molecule has 0 atom stereocenters. The zero-order valence-corrected chi connectivity index (χ0v) is 17.5. The highest BCUT2D eigenvalue weighted by Crippen LogP contribution is 2.23. The third-order valence-electron chi connectivity index (χ3n) is 4.74. The summed E-state index contributed by atoms with van der Waals surface area (Å²) in [7, 11) is -1.75. The molecule has 1 N–H and O–H groups in total. The van der Waals surface area contributed by atoms with Crippen molar-refractivity contribution in [2.24, 2.45) is 0 Å². The van der Waals surface area contributed by atoms with Gasteiger partial charge in [-0.2, -0.15) is 4.31 Å². The van der Waals surface area contributed by atoms with Gasteiger partial charge in [0, 0.05) is 31.9 Å². The second-order valence-electron chi connectivity index (χ2n) is 7.15. The summed E-state index contributed by atoms with van der Waals surface area (Å²) in [5.74, 6) is -0.808. The number of alkyl halides is 3. The number of carbonyl (C=O) groups is 1. The van der Waals surface area contributed by atoms with Crippen molar-refractivity contribution in [3.8, 4) is 5.75 Å². The molecule has 7 nitrogen and oxygen atoms in total. The number of nitrogens with one attached hydrogen (secondary N) is 1. The van der Waals surface area contributed by atoms with Crippen LogP contribution in [0.5, 0.6) is 5.75 Å². The molecule has 2 aromatic carbocycles. The average Bonchev–Trinajstić information content (AvgIpc) is 2.69. The van der Waals surface area contributed by atoms with Crippen molar-refractivity contribution in [1.29, 1.82) is 0 Å². The summed E-state index contributed by atoms with van der Waals surface area (Å²) in [6, 6.07) is 10.9. The Hall–Kier alpha value is -2.63. The Morgan fingerprint density at radius 1 is 1.06 bits per heavy atom. The Labute approximate surface area is 178 Å². The number of ether oxygens (including phenoxy) is 1. The van der Waals surface area contributed by atoms with Gasteiger partial charge in [-0.3, -0.25) is 4.79 Å². The molecule has 0 radical (unpaired) electrons. The molecule has 1 heterocycles. The van der Waals surface area contributed by atoms with E-state index in [1.807, 2.05) is 11.9 Å². The van der Waals surface area contributed by atoms with Crippen LogP contribution in [-0.2, 0) is 21.2 Å². The highest BCUT2D eigenvalue weighted by Gasteiger charge is 2.31. The lowest BCUT2D eigenvalue weighted by Crippen LogP contribution is -2.47. The van der Waals surface area contributed by atoms with Gasteiger partial charge in [-0.1, -0.05) is 18.2 Å². The van der Waals surface area contributed by atoms with Gasteiger partial charge in [0.25, 0.3) is 0 Å². The first-order valence-corrected chi connectivity index (χ1v) is 10.9. The van der Waals surface area contributed by atoms with E-state index in [4.69, 9.17) is 0 Å². The largest absolute Gasteiger partial charge is 0.573 e. The lowest BCUT2D eigenvalue weighted by atomic mass is 10.1. The highest BCUT2D eigenvalue weighted by molar-refractivity contribution is 7.89. The standard InChI is InChI=1S/C20H22F3N3O4S/c1-25-9-11-26(12-10-25)31(28,29)18-4-2-3-16(14-18)24-19(27)13-15-5-7-17(8-6-15)30-20(21,22)23/h2-8,14H,9-13H2,1H3,(H,24,27). The van der Waals surface area contributed by atoms with Crippen LogP contribution in [0.4, 0.5) is 18.9 Å². The van der Waals surface area contributed by atoms with Crippen LogP contribution in [0.1, 0.15) is 5.56 Å². The maximum Gasteiger partial charge on any atom is 0.573 e. The molecule has 0 spiro atoms. The van der Waals surface area contributed by atoms with E-state index in [0.29, 0.717) is 37.4 Å². The van der Waals surface area contributed by atoms with Crippen LogP contribution in [-0.4, -0.2) is 63.1 Å². The topological polar surface area (TPSA) is 79.0 Å². The van der Waals surface area contributed by atoms with Crippen LogP contribution in [0.3, 0.4) is 0 Å². The molecule has 0 saturated carbocycles. The minimum Gasteiger partial charge on any atom is -0.406 e. The smallest absolute Gasteiger partial charge is 0.406 e. The van der Waals surface area contributed by atoms with Gasteiger partial charge >= 0.3 is 6.36 Å². The molecule has 0 aliphatic carbocycles. The molecule has 1 amide bonds. The number of likely N-dealkylation sites (N-methyl/N-ethyl adjacent to an activating group) is 1. The molecule has 1 aliphatic rings. The highest BCUT2D eigenvalue weighted by atomic mass is 32.2. The molecule has 11 heteroatoms. The van der Waals surface area contributed by atoms with Crippen molar-refractivity contribution in [1.82, 2.24) is 9.21 Å². The van der Waals surface area contributed by atoms with Crippen molar-refractivity contribution in [2.45, 2.75) is 17.7 Å². The zero-order valence-electron chi connectivity index (χ0n) is 16.7. The number of carbonyl (C=O) groups excluding carboxylic acids is 1. The van der Waals surface area contributed by atoms with Gasteiger partial charge in [-0.25, -0.2) is 8.42 Å². The summed E-state index contributed by atoms with van der Waals surface area (Å²) < 4.78 is 67.6. The molecule has 0 aromatic heterocycles. The molecule has 1 aliphatic heterocycles. The molecule has 2 aromatic rings. The van der Waals surface area contributed by atoms with Gasteiger partial charge < -0.3 is 15.0 Å². The third kappa shape index (κ3) is 6.42. The van der Waals surface area contributed by atoms with Crippen molar-refractivity contribution in [3.05, 3.63) is 54.1 Å². The maximum atomic E-state index is 12.9. The van der Waals surface area contributed by atoms with Crippen molar-refractivity contribution in [3.63, 3.8) is 0 Å².